The smallest absolute Gasteiger partial charge is 0.416 e. The van der Waals surface area contributed by atoms with E-state index in [1.165, 1.54) is 11.1 Å². The summed E-state index contributed by atoms with van der Waals surface area (Å²) >= 11 is 0. The number of carbonyl (C=O) groups is 1. The van der Waals surface area contributed by atoms with Crippen LogP contribution in [0.3, 0.4) is 0 Å². The first kappa shape index (κ1) is 28.4. The minimum atomic E-state index is -4.72. The standard InChI is InChI=1S/C28H32F6N2O2/c1-17(18(2)26(37)38)20-4-3-19-7-12-36(16-21(19)13-20)24-8-10-35(11-9-24)15-22-14-23(27(29,30)31)5-6-25(22)28(32,33)34/h3-6,13-14,17-18,24H,7-12,15-16H2,1-2H3,(H,37,38)/t17-,18+/m1/s1. The third-order valence-electron chi connectivity index (χ3n) is 8.14. The fourth-order valence-electron chi connectivity index (χ4n) is 5.56. The largest absolute Gasteiger partial charge is 0.481 e. The van der Waals surface area contributed by atoms with Crippen LogP contribution in [0.1, 0.15) is 66.0 Å². The van der Waals surface area contributed by atoms with Crippen molar-refractivity contribution in [2.75, 3.05) is 19.6 Å². The Morgan fingerprint density at radius 3 is 2.24 bits per heavy atom. The highest BCUT2D eigenvalue weighted by atomic mass is 19.4. The van der Waals surface area contributed by atoms with Crippen LogP contribution < -0.4 is 0 Å². The summed E-state index contributed by atoms with van der Waals surface area (Å²) in [5.74, 6) is -1.48. The summed E-state index contributed by atoms with van der Waals surface area (Å²) in [7, 11) is 0. The lowest BCUT2D eigenvalue weighted by Gasteiger charge is -2.41. The molecule has 2 aromatic carbocycles. The van der Waals surface area contributed by atoms with Gasteiger partial charge in [0.2, 0.25) is 0 Å². The van der Waals surface area contributed by atoms with Crippen molar-refractivity contribution in [2.24, 2.45) is 5.92 Å². The maximum Gasteiger partial charge on any atom is 0.416 e. The number of rotatable bonds is 6. The molecule has 1 saturated heterocycles. The second-order valence-corrected chi connectivity index (χ2v) is 10.5. The predicted molar refractivity (Wildman–Crippen MR) is 131 cm³/mol. The minimum Gasteiger partial charge on any atom is -0.481 e. The fraction of sp³-hybridized carbons (Fsp3) is 0.536. The number of likely N-dealkylation sites (tertiary alicyclic amines) is 1. The Labute approximate surface area is 218 Å². The van der Waals surface area contributed by atoms with E-state index in [1.54, 1.807) is 11.8 Å². The van der Waals surface area contributed by atoms with Crippen molar-refractivity contribution in [3.05, 3.63) is 69.8 Å². The molecule has 0 saturated carbocycles. The molecule has 2 aliphatic heterocycles. The second-order valence-electron chi connectivity index (χ2n) is 10.5. The molecule has 0 unspecified atom stereocenters. The quantitative estimate of drug-likeness (QED) is 0.420. The Balaban J connectivity index is 1.41. The molecular formula is C28H32F6N2O2. The van der Waals surface area contributed by atoms with E-state index in [4.69, 9.17) is 0 Å². The maximum absolute atomic E-state index is 13.5. The third-order valence-corrected chi connectivity index (χ3v) is 8.14. The summed E-state index contributed by atoms with van der Waals surface area (Å²) in [6.07, 6.45) is -7.15. The van der Waals surface area contributed by atoms with E-state index < -0.39 is 35.4 Å². The first-order valence-electron chi connectivity index (χ1n) is 12.8. The number of alkyl halides is 6. The van der Waals surface area contributed by atoms with Crippen molar-refractivity contribution in [3.63, 3.8) is 0 Å². The number of fused-ring (bicyclic) bond motifs is 1. The van der Waals surface area contributed by atoms with Crippen LogP contribution in [0.4, 0.5) is 26.3 Å². The van der Waals surface area contributed by atoms with Gasteiger partial charge < -0.3 is 5.11 Å². The van der Waals surface area contributed by atoms with E-state index in [2.05, 4.69) is 17.0 Å². The first-order chi connectivity index (χ1) is 17.7. The number of aliphatic carboxylic acids is 1. The minimum absolute atomic E-state index is 0.131. The monoisotopic (exact) mass is 542 g/mol. The van der Waals surface area contributed by atoms with Crippen molar-refractivity contribution in [3.8, 4) is 0 Å². The molecule has 0 aliphatic carbocycles. The zero-order chi connectivity index (χ0) is 27.8. The van der Waals surface area contributed by atoms with Crippen LogP contribution in [0.2, 0.25) is 0 Å². The third kappa shape index (κ3) is 6.34. The molecule has 2 aliphatic rings. The zero-order valence-electron chi connectivity index (χ0n) is 21.4. The Kier molecular flexibility index (Phi) is 8.14. The molecule has 10 heteroatoms. The van der Waals surface area contributed by atoms with Gasteiger partial charge in [0.1, 0.15) is 0 Å². The van der Waals surface area contributed by atoms with E-state index in [0.29, 0.717) is 50.7 Å². The van der Waals surface area contributed by atoms with Gasteiger partial charge in [0.05, 0.1) is 17.0 Å². The van der Waals surface area contributed by atoms with Gasteiger partial charge in [-0.25, -0.2) is 0 Å². The highest BCUT2D eigenvalue weighted by Gasteiger charge is 2.38. The van der Waals surface area contributed by atoms with Crippen molar-refractivity contribution >= 4 is 5.97 Å². The average Bonchev–Trinajstić information content (AvgIpc) is 2.86. The summed E-state index contributed by atoms with van der Waals surface area (Å²) in [6, 6.07) is 8.03. The number of piperidine rings is 1. The van der Waals surface area contributed by atoms with Crippen LogP contribution in [0, 0.1) is 5.92 Å². The molecule has 0 amide bonds. The van der Waals surface area contributed by atoms with E-state index in [9.17, 15) is 36.2 Å². The Hall–Kier alpha value is -2.59. The summed E-state index contributed by atoms with van der Waals surface area (Å²) in [4.78, 5) is 15.6. The number of nitrogens with zero attached hydrogens (tertiary/aromatic N) is 2. The summed E-state index contributed by atoms with van der Waals surface area (Å²) in [5.41, 5.74) is 0.935. The van der Waals surface area contributed by atoms with Crippen LogP contribution in [-0.2, 0) is 36.7 Å². The van der Waals surface area contributed by atoms with Crippen LogP contribution >= 0.6 is 0 Å². The number of halogens is 6. The topological polar surface area (TPSA) is 43.8 Å². The SMILES string of the molecule is C[C@H](C(=O)O)[C@@H](C)c1ccc2c(c1)CN(C1CCN(Cc3cc(C(F)(F)F)ccc3C(F)(F)F)CC1)CC2. The molecule has 2 aromatic rings. The van der Waals surface area contributed by atoms with Gasteiger partial charge in [0.15, 0.2) is 0 Å². The lowest BCUT2D eigenvalue weighted by Crippen LogP contribution is -2.46. The molecule has 208 valence electrons. The highest BCUT2D eigenvalue weighted by molar-refractivity contribution is 5.70. The molecule has 4 rings (SSSR count). The number of carboxylic acid groups (broad SMARTS) is 1. The molecule has 4 nitrogen and oxygen atoms in total. The molecular weight excluding hydrogens is 510 g/mol. The lowest BCUT2D eigenvalue weighted by molar-refractivity contribution is -0.142. The van der Waals surface area contributed by atoms with Crippen molar-refractivity contribution < 1.29 is 36.2 Å². The average molecular weight is 543 g/mol. The number of benzene rings is 2. The van der Waals surface area contributed by atoms with Crippen LogP contribution in [0.25, 0.3) is 0 Å². The molecule has 0 aromatic heterocycles. The zero-order valence-corrected chi connectivity index (χ0v) is 21.4. The van der Waals surface area contributed by atoms with E-state index in [-0.39, 0.29) is 24.1 Å². The highest BCUT2D eigenvalue weighted by Crippen LogP contribution is 2.37. The number of hydrogen-bond acceptors (Lipinski definition) is 3. The maximum atomic E-state index is 13.5. The van der Waals surface area contributed by atoms with E-state index in [0.717, 1.165) is 18.5 Å². The van der Waals surface area contributed by atoms with Crippen LogP contribution in [-0.4, -0.2) is 46.6 Å². The Morgan fingerprint density at radius 2 is 1.63 bits per heavy atom. The van der Waals surface area contributed by atoms with E-state index >= 15 is 0 Å². The number of hydrogen-bond donors (Lipinski definition) is 1. The van der Waals surface area contributed by atoms with Crippen LogP contribution in [0.5, 0.6) is 0 Å². The molecule has 38 heavy (non-hydrogen) atoms. The fourth-order valence-corrected chi connectivity index (χ4v) is 5.56. The van der Waals surface area contributed by atoms with Gasteiger partial charge in [-0.2, -0.15) is 26.3 Å². The molecule has 1 N–H and O–H groups in total. The van der Waals surface area contributed by atoms with E-state index in [1.807, 2.05) is 13.0 Å². The van der Waals surface area contributed by atoms with Gasteiger partial charge >= 0.3 is 18.3 Å². The first-order valence-corrected chi connectivity index (χ1v) is 12.8. The lowest BCUT2D eigenvalue weighted by atomic mass is 9.85. The normalized spacial score (nSPS) is 19.7. The second kappa shape index (κ2) is 10.9. The van der Waals surface area contributed by atoms with Crippen molar-refractivity contribution in [2.45, 2.75) is 70.5 Å². The molecule has 0 radical (unpaired) electrons. The summed E-state index contributed by atoms with van der Waals surface area (Å²) in [5, 5.41) is 9.37. The van der Waals surface area contributed by atoms with Gasteiger partial charge in [-0.1, -0.05) is 32.0 Å². The summed E-state index contributed by atoms with van der Waals surface area (Å²) in [6.45, 7) is 5.98. The Morgan fingerprint density at radius 1 is 0.947 bits per heavy atom. The molecule has 0 spiro atoms. The van der Waals surface area contributed by atoms with Crippen molar-refractivity contribution in [1.29, 1.82) is 0 Å². The molecule has 2 heterocycles. The van der Waals surface area contributed by atoms with Gasteiger partial charge in [0.25, 0.3) is 0 Å². The number of carboxylic acids is 1. The van der Waals surface area contributed by atoms with Gasteiger partial charge in [0, 0.05) is 25.7 Å². The summed E-state index contributed by atoms with van der Waals surface area (Å²) < 4.78 is 79.9. The molecule has 1 fully saturated rings. The van der Waals surface area contributed by atoms with Gasteiger partial charge in [-0.15, -0.1) is 0 Å². The van der Waals surface area contributed by atoms with Gasteiger partial charge in [-0.3, -0.25) is 14.6 Å². The van der Waals surface area contributed by atoms with Gasteiger partial charge in [-0.05, 0) is 78.7 Å². The predicted octanol–water partition coefficient (Wildman–Crippen LogP) is 6.57. The Bertz CT molecular complexity index is 1160. The molecule has 2 atom stereocenters. The molecule has 0 bridgehead atoms. The van der Waals surface area contributed by atoms with Crippen LogP contribution in [0.15, 0.2) is 36.4 Å². The van der Waals surface area contributed by atoms with Crippen molar-refractivity contribution in [1.82, 2.24) is 9.80 Å².